The summed E-state index contributed by atoms with van der Waals surface area (Å²) in [6.45, 7) is 6.06. The predicted molar refractivity (Wildman–Crippen MR) is 86.3 cm³/mol. The molecular formula is C18H33N. The molecule has 0 aromatic heterocycles. The highest BCUT2D eigenvalue weighted by molar-refractivity contribution is 5.18. The second-order valence-corrected chi connectivity index (χ2v) is 6.30. The number of hydrogen-bond acceptors (Lipinski definition) is 1. The lowest BCUT2D eigenvalue weighted by molar-refractivity contribution is 0.390. The molecule has 110 valence electrons. The summed E-state index contributed by atoms with van der Waals surface area (Å²) in [6, 6.07) is 0. The molecule has 1 rings (SSSR count). The van der Waals surface area contributed by atoms with Crippen molar-refractivity contribution in [1.29, 1.82) is 0 Å². The van der Waals surface area contributed by atoms with E-state index in [1.807, 2.05) is 6.08 Å². The Morgan fingerprint density at radius 1 is 1.21 bits per heavy atom. The number of allylic oxidation sites excluding steroid dienone is 1. The van der Waals surface area contributed by atoms with Gasteiger partial charge in [0, 0.05) is 5.54 Å². The molecule has 1 unspecified atom stereocenters. The van der Waals surface area contributed by atoms with Crippen LogP contribution in [-0.2, 0) is 0 Å². The molecule has 0 aromatic carbocycles. The van der Waals surface area contributed by atoms with E-state index in [4.69, 9.17) is 5.73 Å². The average molecular weight is 263 g/mol. The first kappa shape index (κ1) is 16.5. The van der Waals surface area contributed by atoms with Gasteiger partial charge >= 0.3 is 0 Å². The summed E-state index contributed by atoms with van der Waals surface area (Å²) < 4.78 is 0. The Balaban J connectivity index is 2.05. The quantitative estimate of drug-likeness (QED) is 0.386. The monoisotopic (exact) mass is 263 g/mol. The fraction of sp³-hybridized carbons (Fsp3) is 0.778. The van der Waals surface area contributed by atoms with Gasteiger partial charge in [-0.15, -0.1) is 6.58 Å². The lowest BCUT2D eigenvalue weighted by Crippen LogP contribution is -2.36. The largest absolute Gasteiger partial charge is 0.325 e. The van der Waals surface area contributed by atoms with Crippen LogP contribution in [0.1, 0.15) is 84.0 Å². The minimum atomic E-state index is 0.0833. The molecule has 0 bridgehead atoms. The maximum atomic E-state index is 6.51. The zero-order chi connectivity index (χ0) is 14.0. The van der Waals surface area contributed by atoms with E-state index in [-0.39, 0.29) is 5.54 Å². The molecule has 0 saturated heterocycles. The van der Waals surface area contributed by atoms with Gasteiger partial charge in [-0.25, -0.2) is 0 Å². The summed E-state index contributed by atoms with van der Waals surface area (Å²) in [5, 5.41) is 0. The molecule has 1 atom stereocenters. The van der Waals surface area contributed by atoms with Crippen LogP contribution in [0.3, 0.4) is 0 Å². The SMILES string of the molecule is C=CCCC1=CCC(N)(CCCCCCCCC)C1. The van der Waals surface area contributed by atoms with E-state index in [1.165, 1.54) is 57.8 Å². The fourth-order valence-electron chi connectivity index (χ4n) is 3.05. The Labute approximate surface area is 120 Å². The summed E-state index contributed by atoms with van der Waals surface area (Å²) in [6.07, 6.45) is 19.7. The lowest BCUT2D eigenvalue weighted by Gasteiger charge is -2.24. The first-order valence-corrected chi connectivity index (χ1v) is 8.28. The van der Waals surface area contributed by atoms with E-state index in [9.17, 15) is 0 Å². The van der Waals surface area contributed by atoms with E-state index in [0.717, 1.165) is 19.3 Å². The van der Waals surface area contributed by atoms with Gasteiger partial charge in [0.15, 0.2) is 0 Å². The molecule has 0 aliphatic heterocycles. The summed E-state index contributed by atoms with van der Waals surface area (Å²) in [7, 11) is 0. The molecule has 1 heteroatoms. The van der Waals surface area contributed by atoms with Crippen molar-refractivity contribution in [3.63, 3.8) is 0 Å². The maximum Gasteiger partial charge on any atom is 0.0226 e. The van der Waals surface area contributed by atoms with Crippen LogP contribution in [0.5, 0.6) is 0 Å². The second kappa shape index (κ2) is 9.36. The van der Waals surface area contributed by atoms with Gasteiger partial charge in [-0.1, -0.05) is 69.6 Å². The van der Waals surface area contributed by atoms with Crippen LogP contribution in [0, 0.1) is 0 Å². The number of hydrogen-bond donors (Lipinski definition) is 1. The van der Waals surface area contributed by atoms with Gasteiger partial charge in [0.25, 0.3) is 0 Å². The molecule has 0 saturated carbocycles. The second-order valence-electron chi connectivity index (χ2n) is 6.30. The number of rotatable bonds is 11. The Morgan fingerprint density at radius 2 is 1.89 bits per heavy atom. The van der Waals surface area contributed by atoms with Crippen molar-refractivity contribution >= 4 is 0 Å². The van der Waals surface area contributed by atoms with Crippen LogP contribution in [0.4, 0.5) is 0 Å². The van der Waals surface area contributed by atoms with Crippen molar-refractivity contribution in [3.05, 3.63) is 24.3 Å². The van der Waals surface area contributed by atoms with E-state index in [2.05, 4.69) is 19.6 Å². The molecule has 0 fully saturated rings. The van der Waals surface area contributed by atoms with Crippen molar-refractivity contribution in [3.8, 4) is 0 Å². The molecule has 1 aliphatic rings. The van der Waals surface area contributed by atoms with Gasteiger partial charge in [-0.05, 0) is 32.1 Å². The molecule has 0 spiro atoms. The highest BCUT2D eigenvalue weighted by Gasteiger charge is 2.28. The van der Waals surface area contributed by atoms with Crippen molar-refractivity contribution < 1.29 is 0 Å². The van der Waals surface area contributed by atoms with Gasteiger partial charge in [-0.3, -0.25) is 0 Å². The van der Waals surface area contributed by atoms with Crippen LogP contribution in [0.15, 0.2) is 24.3 Å². The Kier molecular flexibility index (Phi) is 8.13. The first-order chi connectivity index (χ1) is 9.20. The third kappa shape index (κ3) is 6.96. The zero-order valence-electron chi connectivity index (χ0n) is 12.9. The molecule has 1 aliphatic carbocycles. The third-order valence-corrected chi connectivity index (χ3v) is 4.32. The van der Waals surface area contributed by atoms with Crippen LogP contribution in [-0.4, -0.2) is 5.54 Å². The molecule has 2 N–H and O–H groups in total. The van der Waals surface area contributed by atoms with Gasteiger partial charge in [0.1, 0.15) is 0 Å². The maximum absolute atomic E-state index is 6.51. The summed E-state index contributed by atoms with van der Waals surface area (Å²) in [5.74, 6) is 0. The average Bonchev–Trinajstić information content (AvgIpc) is 2.77. The summed E-state index contributed by atoms with van der Waals surface area (Å²) in [5.41, 5.74) is 8.15. The van der Waals surface area contributed by atoms with Crippen molar-refractivity contribution in [1.82, 2.24) is 0 Å². The highest BCUT2D eigenvalue weighted by Crippen LogP contribution is 2.33. The van der Waals surface area contributed by atoms with Gasteiger partial charge < -0.3 is 5.73 Å². The van der Waals surface area contributed by atoms with E-state index >= 15 is 0 Å². The fourth-order valence-corrected chi connectivity index (χ4v) is 3.05. The van der Waals surface area contributed by atoms with E-state index < -0.39 is 0 Å². The topological polar surface area (TPSA) is 26.0 Å². The Bertz CT molecular complexity index is 279. The third-order valence-electron chi connectivity index (χ3n) is 4.32. The minimum Gasteiger partial charge on any atom is -0.325 e. The highest BCUT2D eigenvalue weighted by atomic mass is 14.7. The molecule has 0 amide bonds. The van der Waals surface area contributed by atoms with Gasteiger partial charge in [0.05, 0.1) is 0 Å². The Hall–Kier alpha value is -0.560. The number of nitrogens with two attached hydrogens (primary N) is 1. The van der Waals surface area contributed by atoms with Gasteiger partial charge in [-0.2, -0.15) is 0 Å². The van der Waals surface area contributed by atoms with Crippen molar-refractivity contribution in [2.24, 2.45) is 5.73 Å². The van der Waals surface area contributed by atoms with E-state index in [0.29, 0.717) is 0 Å². The van der Waals surface area contributed by atoms with E-state index in [1.54, 1.807) is 5.57 Å². The van der Waals surface area contributed by atoms with Crippen LogP contribution < -0.4 is 5.73 Å². The predicted octanol–water partition coefficient (Wildman–Crippen LogP) is 5.51. The van der Waals surface area contributed by atoms with Crippen LogP contribution >= 0.6 is 0 Å². The van der Waals surface area contributed by atoms with Crippen molar-refractivity contribution in [2.45, 2.75) is 89.5 Å². The molecule has 1 nitrogen and oxygen atoms in total. The lowest BCUT2D eigenvalue weighted by atomic mass is 9.89. The normalized spacial score (nSPS) is 22.5. The molecular weight excluding hydrogens is 230 g/mol. The smallest absolute Gasteiger partial charge is 0.0226 e. The standard InChI is InChI=1S/C18H33N/c1-3-5-7-8-9-10-11-14-18(19)15-13-17(16-18)12-6-4-2/h4,13H,2-3,5-12,14-16,19H2,1H3. The minimum absolute atomic E-state index is 0.0833. The molecule has 0 aromatic rings. The van der Waals surface area contributed by atoms with Crippen LogP contribution in [0.2, 0.25) is 0 Å². The molecule has 19 heavy (non-hydrogen) atoms. The number of unbranched alkanes of at least 4 members (excludes halogenated alkanes) is 6. The van der Waals surface area contributed by atoms with Gasteiger partial charge in [0.2, 0.25) is 0 Å². The zero-order valence-corrected chi connectivity index (χ0v) is 12.9. The summed E-state index contributed by atoms with van der Waals surface area (Å²) >= 11 is 0. The van der Waals surface area contributed by atoms with Crippen LogP contribution in [0.25, 0.3) is 0 Å². The molecule has 0 heterocycles. The summed E-state index contributed by atoms with van der Waals surface area (Å²) in [4.78, 5) is 0. The van der Waals surface area contributed by atoms with Crippen molar-refractivity contribution in [2.75, 3.05) is 0 Å². The first-order valence-electron chi connectivity index (χ1n) is 8.28. The molecule has 0 radical (unpaired) electrons. The Morgan fingerprint density at radius 3 is 2.58 bits per heavy atom.